The number of carbonyl (C=O) groups is 2. The summed E-state index contributed by atoms with van der Waals surface area (Å²) >= 11 is 0. The van der Waals surface area contributed by atoms with Gasteiger partial charge in [0.25, 0.3) is 0 Å². The van der Waals surface area contributed by atoms with Crippen molar-refractivity contribution in [3.8, 4) is 0 Å². The quantitative estimate of drug-likeness (QED) is 0.461. The van der Waals surface area contributed by atoms with Crippen LogP contribution in [0.4, 0.5) is 4.39 Å². The Kier molecular flexibility index (Phi) is 5.33. The molecule has 0 aliphatic rings. The molecule has 0 aromatic heterocycles. The van der Waals surface area contributed by atoms with Gasteiger partial charge in [0, 0.05) is 6.42 Å². The molecular weight excluding hydrogens is 151 g/mol. The van der Waals surface area contributed by atoms with E-state index in [2.05, 4.69) is 4.74 Å². The molecule has 0 heterocycles. The molecule has 0 fully saturated rings. The van der Waals surface area contributed by atoms with Gasteiger partial charge in [-0.05, 0) is 6.42 Å². The van der Waals surface area contributed by atoms with E-state index in [1.807, 2.05) is 0 Å². The van der Waals surface area contributed by atoms with Gasteiger partial charge >= 0.3 is 11.9 Å². The predicted molar refractivity (Wildman–Crippen MR) is 36.6 cm³/mol. The highest BCUT2D eigenvalue weighted by atomic mass is 19.1. The maximum absolute atomic E-state index is 11.5. The molecule has 0 saturated heterocycles. The van der Waals surface area contributed by atoms with Crippen LogP contribution in [0.5, 0.6) is 0 Å². The Morgan fingerprint density at radius 3 is 2.27 bits per heavy atom. The molecule has 0 bridgehead atoms. The smallest absolute Gasteiger partial charge is 0.316 e. The average Bonchev–Trinajstić information content (AvgIpc) is 1.87. The number of halogens is 1. The van der Waals surface area contributed by atoms with Gasteiger partial charge in [-0.15, -0.1) is 0 Å². The van der Waals surface area contributed by atoms with Gasteiger partial charge in [0.2, 0.25) is 0 Å². The van der Waals surface area contributed by atoms with Gasteiger partial charge in [-0.1, -0.05) is 6.92 Å². The summed E-state index contributed by atoms with van der Waals surface area (Å²) in [6.45, 7) is 1.01. The van der Waals surface area contributed by atoms with Crippen molar-refractivity contribution in [1.82, 2.24) is 0 Å². The first kappa shape index (κ1) is 10.1. The van der Waals surface area contributed by atoms with Gasteiger partial charge in [0.1, 0.15) is 0 Å². The van der Waals surface area contributed by atoms with Crippen LogP contribution < -0.4 is 0 Å². The molecule has 0 unspecified atom stereocenters. The Morgan fingerprint density at radius 1 is 1.27 bits per heavy atom. The van der Waals surface area contributed by atoms with Crippen molar-refractivity contribution in [3.63, 3.8) is 0 Å². The van der Waals surface area contributed by atoms with Gasteiger partial charge in [0.05, 0.1) is 13.1 Å². The average molecular weight is 162 g/mol. The highest BCUT2D eigenvalue weighted by Crippen LogP contribution is 1.94. The van der Waals surface area contributed by atoms with Gasteiger partial charge in [-0.3, -0.25) is 14.0 Å². The molecule has 0 rings (SSSR count). The fraction of sp³-hybridized carbons (Fsp3) is 0.714. The minimum atomic E-state index is -0.786. The van der Waals surface area contributed by atoms with Crippen molar-refractivity contribution in [2.24, 2.45) is 0 Å². The highest BCUT2D eigenvalue weighted by Gasteiger charge is 2.07. The van der Waals surface area contributed by atoms with Crippen molar-refractivity contribution in [3.05, 3.63) is 0 Å². The third-order valence-electron chi connectivity index (χ3n) is 0.980. The third-order valence-corrected chi connectivity index (χ3v) is 0.980. The summed E-state index contributed by atoms with van der Waals surface area (Å²) in [5.41, 5.74) is 0. The van der Waals surface area contributed by atoms with E-state index in [0.29, 0.717) is 6.42 Å². The van der Waals surface area contributed by atoms with Crippen LogP contribution in [-0.2, 0) is 14.3 Å². The second-order valence-electron chi connectivity index (χ2n) is 2.04. The number of ether oxygens (including phenoxy) is 1. The van der Waals surface area contributed by atoms with E-state index in [1.54, 1.807) is 6.92 Å². The molecule has 3 nitrogen and oxygen atoms in total. The van der Waals surface area contributed by atoms with E-state index in [-0.39, 0.29) is 12.8 Å². The fourth-order valence-corrected chi connectivity index (χ4v) is 0.510. The molecule has 0 aromatic rings. The maximum atomic E-state index is 11.5. The van der Waals surface area contributed by atoms with Gasteiger partial charge in [-0.25, -0.2) is 0 Å². The molecule has 11 heavy (non-hydrogen) atoms. The Bertz CT molecular complexity index is 129. The van der Waals surface area contributed by atoms with E-state index >= 15 is 0 Å². The molecule has 0 saturated carbocycles. The normalized spacial score (nSPS) is 9.27. The molecule has 0 aliphatic carbocycles. The SMILES string of the molecule is CCCC(=O)OC(=O)CCF. The van der Waals surface area contributed by atoms with Crippen molar-refractivity contribution >= 4 is 11.9 Å². The summed E-state index contributed by atoms with van der Waals surface area (Å²) < 4.78 is 15.7. The third kappa shape index (κ3) is 5.51. The Balaban J connectivity index is 3.49. The first-order chi connectivity index (χ1) is 5.20. The summed E-state index contributed by atoms with van der Waals surface area (Å²) in [5.74, 6) is -1.36. The van der Waals surface area contributed by atoms with Crippen molar-refractivity contribution in [2.75, 3.05) is 6.67 Å². The van der Waals surface area contributed by atoms with Crippen LogP contribution in [0.2, 0.25) is 0 Å². The van der Waals surface area contributed by atoms with Crippen LogP contribution in [0.25, 0.3) is 0 Å². The van der Waals surface area contributed by atoms with E-state index in [1.165, 1.54) is 0 Å². The fourth-order valence-electron chi connectivity index (χ4n) is 0.510. The molecular formula is C7H11FO3. The van der Waals surface area contributed by atoms with E-state index < -0.39 is 18.6 Å². The largest absolute Gasteiger partial charge is 0.393 e. The first-order valence-electron chi connectivity index (χ1n) is 3.50. The van der Waals surface area contributed by atoms with Crippen molar-refractivity contribution < 1.29 is 18.7 Å². The van der Waals surface area contributed by atoms with Gasteiger partial charge in [-0.2, -0.15) is 0 Å². The topological polar surface area (TPSA) is 43.4 Å². The number of esters is 2. The summed E-state index contributed by atoms with van der Waals surface area (Å²) in [6.07, 6.45) is 0.495. The van der Waals surface area contributed by atoms with E-state index in [0.717, 1.165) is 0 Å². The molecule has 0 atom stereocenters. The zero-order chi connectivity index (χ0) is 8.69. The highest BCUT2D eigenvalue weighted by molar-refractivity contribution is 5.85. The zero-order valence-electron chi connectivity index (χ0n) is 6.43. The van der Waals surface area contributed by atoms with Crippen LogP contribution in [-0.4, -0.2) is 18.6 Å². The molecule has 4 heteroatoms. The predicted octanol–water partition coefficient (Wildman–Crippen LogP) is 1.22. The lowest BCUT2D eigenvalue weighted by molar-refractivity contribution is -0.159. The Morgan fingerprint density at radius 2 is 1.82 bits per heavy atom. The van der Waals surface area contributed by atoms with E-state index in [9.17, 15) is 14.0 Å². The summed E-state index contributed by atoms with van der Waals surface area (Å²) in [4.78, 5) is 21.0. The lowest BCUT2D eigenvalue weighted by Gasteiger charge is -1.98. The second kappa shape index (κ2) is 5.82. The minimum Gasteiger partial charge on any atom is -0.393 e. The summed E-state index contributed by atoms with van der Waals surface area (Å²) in [5, 5.41) is 0. The van der Waals surface area contributed by atoms with Crippen molar-refractivity contribution in [2.45, 2.75) is 26.2 Å². The van der Waals surface area contributed by atoms with Crippen LogP contribution in [0, 0.1) is 0 Å². The zero-order valence-corrected chi connectivity index (χ0v) is 6.43. The lowest BCUT2D eigenvalue weighted by atomic mass is 10.3. The number of hydrogen-bond acceptors (Lipinski definition) is 3. The summed E-state index contributed by atoms with van der Waals surface area (Å²) in [6, 6.07) is 0. The molecule has 0 N–H and O–H groups in total. The molecule has 0 spiro atoms. The number of hydrogen-bond donors (Lipinski definition) is 0. The van der Waals surface area contributed by atoms with Gasteiger partial charge in [0.15, 0.2) is 0 Å². The number of alkyl halides is 1. The maximum Gasteiger partial charge on any atom is 0.316 e. The Labute approximate surface area is 64.5 Å². The van der Waals surface area contributed by atoms with Crippen molar-refractivity contribution in [1.29, 1.82) is 0 Å². The molecule has 0 amide bonds. The minimum absolute atomic E-state index is 0.206. The molecule has 64 valence electrons. The van der Waals surface area contributed by atoms with Crippen LogP contribution in [0.1, 0.15) is 26.2 Å². The Hall–Kier alpha value is -0.930. The monoisotopic (exact) mass is 162 g/mol. The number of carbonyl (C=O) groups excluding carboxylic acids is 2. The molecule has 0 aromatic carbocycles. The van der Waals surface area contributed by atoms with Crippen LogP contribution in [0.15, 0.2) is 0 Å². The first-order valence-corrected chi connectivity index (χ1v) is 3.50. The molecule has 0 radical (unpaired) electrons. The molecule has 0 aliphatic heterocycles. The number of rotatable bonds is 4. The van der Waals surface area contributed by atoms with Crippen LogP contribution in [0.3, 0.4) is 0 Å². The standard InChI is InChI=1S/C7H11FO3/c1-2-3-6(9)11-7(10)4-5-8/h2-5H2,1H3. The van der Waals surface area contributed by atoms with Gasteiger partial charge < -0.3 is 4.74 Å². The van der Waals surface area contributed by atoms with E-state index in [4.69, 9.17) is 0 Å². The lowest BCUT2D eigenvalue weighted by Crippen LogP contribution is -2.11. The van der Waals surface area contributed by atoms with Crippen LogP contribution >= 0.6 is 0 Å². The second-order valence-corrected chi connectivity index (χ2v) is 2.04. The summed E-state index contributed by atoms with van der Waals surface area (Å²) in [7, 11) is 0.